The quantitative estimate of drug-likeness (QED) is 0.0730. The average molecular weight is 557 g/mol. The van der Waals surface area contributed by atoms with Gasteiger partial charge in [-0.05, 0) is 6.07 Å². The summed E-state index contributed by atoms with van der Waals surface area (Å²) < 4.78 is 0. The van der Waals surface area contributed by atoms with Crippen molar-refractivity contribution < 1.29 is 49.5 Å². The number of aliphatic hydroxyl groups excluding tert-OH is 4. The molecule has 0 heterocycles. The monoisotopic (exact) mass is 556 g/mol. The fourth-order valence-corrected chi connectivity index (χ4v) is 3.33. The zero-order valence-electron chi connectivity index (χ0n) is 21.4. The number of aliphatic hydroxyl groups is 4. The topological polar surface area (TPSA) is 241 Å². The molecule has 1 rings (SSSR count). The molecule has 0 saturated carbocycles. The molecule has 0 fully saturated rings. The molecule has 1 aromatic carbocycles. The second-order valence-electron chi connectivity index (χ2n) is 8.02. The first-order chi connectivity index (χ1) is 18.7. The van der Waals surface area contributed by atoms with E-state index in [0.717, 1.165) is 6.07 Å². The van der Waals surface area contributed by atoms with Gasteiger partial charge in [0.2, 0.25) is 23.6 Å². The summed E-state index contributed by atoms with van der Waals surface area (Å²) in [5.74, 6) is -2.96. The third kappa shape index (κ3) is 11.9. The van der Waals surface area contributed by atoms with Crippen molar-refractivity contribution in [2.45, 2.75) is 0 Å². The molecule has 0 spiro atoms. The fraction of sp³-hybridized carbons (Fsp3) is 0.522. The second kappa shape index (κ2) is 18.3. The lowest BCUT2D eigenvalue weighted by molar-refractivity contribution is -0.122. The first kappa shape index (κ1) is 33.0. The van der Waals surface area contributed by atoms with Crippen molar-refractivity contribution in [2.24, 2.45) is 0 Å². The fourth-order valence-electron chi connectivity index (χ4n) is 3.33. The number of amides is 4. The van der Waals surface area contributed by atoms with E-state index in [1.807, 2.05) is 0 Å². The Morgan fingerprint density at radius 3 is 1.21 bits per heavy atom. The predicted octanol–water partition coefficient (Wildman–Crippen LogP) is -4.75. The normalized spacial score (nSPS) is 10.4. The maximum atomic E-state index is 12.5. The Bertz CT molecular complexity index is 933. The summed E-state index contributed by atoms with van der Waals surface area (Å²) in [5, 5.41) is 56.3. The zero-order valence-corrected chi connectivity index (χ0v) is 21.4. The van der Waals surface area contributed by atoms with E-state index in [4.69, 9.17) is 20.4 Å². The summed E-state index contributed by atoms with van der Waals surface area (Å²) in [7, 11) is 0. The number of carbonyl (C=O) groups excluding carboxylic acids is 5. The van der Waals surface area contributed by atoms with Gasteiger partial charge in [-0.3, -0.25) is 24.0 Å². The van der Waals surface area contributed by atoms with Crippen LogP contribution in [0.4, 0.5) is 11.4 Å². The Morgan fingerprint density at radius 1 is 0.615 bits per heavy atom. The largest absolute Gasteiger partial charge is 0.507 e. The van der Waals surface area contributed by atoms with Crippen molar-refractivity contribution in [1.82, 2.24) is 21.3 Å². The van der Waals surface area contributed by atoms with Gasteiger partial charge < -0.3 is 56.6 Å². The van der Waals surface area contributed by atoms with Crippen LogP contribution in [0.3, 0.4) is 0 Å². The lowest BCUT2D eigenvalue weighted by Gasteiger charge is -2.32. The van der Waals surface area contributed by atoms with Crippen molar-refractivity contribution >= 4 is 41.3 Å². The maximum Gasteiger partial charge on any atom is 0.239 e. The van der Waals surface area contributed by atoms with E-state index in [0.29, 0.717) is 6.29 Å². The second-order valence-corrected chi connectivity index (χ2v) is 8.02. The molecule has 0 atom stereocenters. The van der Waals surface area contributed by atoms with Gasteiger partial charge in [0.1, 0.15) is 5.75 Å². The average Bonchev–Trinajstić information content (AvgIpc) is 2.91. The van der Waals surface area contributed by atoms with Gasteiger partial charge in [0.05, 0.1) is 69.5 Å². The molecule has 0 bridgehead atoms. The number of hydrogen-bond donors (Lipinski definition) is 9. The summed E-state index contributed by atoms with van der Waals surface area (Å²) in [5.41, 5.74) is -0.181. The number of carbonyl (C=O) groups is 5. The summed E-state index contributed by atoms with van der Waals surface area (Å²) in [6.07, 6.45) is 0.338. The van der Waals surface area contributed by atoms with Gasteiger partial charge >= 0.3 is 0 Å². The van der Waals surface area contributed by atoms with Crippen LogP contribution in [0.25, 0.3) is 0 Å². The Balaban J connectivity index is 3.62. The SMILES string of the molecule is O=Cc1cc(N(CC(=O)NCCO)CC(=O)NCCO)c(N(CC(=O)NCCO)CC(=O)NCCO)cc1O. The Kier molecular flexibility index (Phi) is 15.5. The van der Waals surface area contributed by atoms with Crippen LogP contribution >= 0.6 is 0 Å². The number of nitrogens with one attached hydrogen (secondary N) is 4. The smallest absolute Gasteiger partial charge is 0.239 e. The molecule has 9 N–H and O–H groups in total. The Labute approximate surface area is 224 Å². The van der Waals surface area contributed by atoms with Gasteiger partial charge in [0.25, 0.3) is 0 Å². The van der Waals surface area contributed by atoms with E-state index in [1.54, 1.807) is 0 Å². The predicted molar refractivity (Wildman–Crippen MR) is 138 cm³/mol. The van der Waals surface area contributed by atoms with Gasteiger partial charge in [-0.2, -0.15) is 0 Å². The zero-order chi connectivity index (χ0) is 29.2. The van der Waals surface area contributed by atoms with E-state index >= 15 is 0 Å². The van der Waals surface area contributed by atoms with E-state index < -0.39 is 55.6 Å². The molecule has 16 heteroatoms. The van der Waals surface area contributed by atoms with Crippen molar-refractivity contribution in [3.8, 4) is 5.75 Å². The Morgan fingerprint density at radius 2 is 0.923 bits per heavy atom. The van der Waals surface area contributed by atoms with Gasteiger partial charge in [0, 0.05) is 32.2 Å². The lowest BCUT2D eigenvalue weighted by Crippen LogP contribution is -2.46. The number of nitrogens with zero attached hydrogens (tertiary/aromatic N) is 2. The molecule has 0 aliphatic rings. The van der Waals surface area contributed by atoms with Crippen molar-refractivity contribution in [2.75, 3.05) is 88.6 Å². The molecular weight excluding hydrogens is 520 g/mol. The van der Waals surface area contributed by atoms with Gasteiger partial charge in [-0.25, -0.2) is 0 Å². The van der Waals surface area contributed by atoms with Crippen LogP contribution in [-0.2, 0) is 19.2 Å². The summed E-state index contributed by atoms with van der Waals surface area (Å²) in [6, 6.07) is 2.28. The minimum atomic E-state index is -0.614. The van der Waals surface area contributed by atoms with Crippen LogP contribution < -0.4 is 31.1 Å². The highest BCUT2D eigenvalue weighted by molar-refractivity contribution is 5.95. The Hall–Kier alpha value is -3.99. The third-order valence-electron chi connectivity index (χ3n) is 5.01. The van der Waals surface area contributed by atoms with Crippen LogP contribution in [0.2, 0.25) is 0 Å². The standard InChI is InChI=1S/C23H36N6O10/c30-5-1-24-20(36)11-28(12-21(37)25-2-6-31)17-9-16(15-34)19(35)10-18(17)29(13-22(38)26-3-7-32)14-23(39)27-4-8-33/h9-10,15,30-33,35H,1-8,11-14H2,(H,24,36)(H,25,37)(H,26,38)(H,27,39). The van der Waals surface area contributed by atoms with Crippen LogP contribution in [-0.4, -0.2) is 134 Å². The number of rotatable bonds is 19. The van der Waals surface area contributed by atoms with Gasteiger partial charge in [-0.1, -0.05) is 0 Å². The van der Waals surface area contributed by atoms with Crippen LogP contribution in [0.15, 0.2) is 12.1 Å². The van der Waals surface area contributed by atoms with Crippen molar-refractivity contribution in [3.63, 3.8) is 0 Å². The van der Waals surface area contributed by atoms with Crippen LogP contribution in [0, 0.1) is 0 Å². The van der Waals surface area contributed by atoms with E-state index in [1.165, 1.54) is 15.9 Å². The number of phenols is 1. The number of aldehydes is 1. The number of hydrogen-bond acceptors (Lipinski definition) is 12. The first-order valence-electron chi connectivity index (χ1n) is 12.0. The summed E-state index contributed by atoms with van der Waals surface area (Å²) >= 11 is 0. The highest BCUT2D eigenvalue weighted by Crippen LogP contribution is 2.35. The number of phenolic OH excluding ortho intramolecular Hbond substituents is 1. The first-order valence-corrected chi connectivity index (χ1v) is 12.0. The molecule has 0 radical (unpaired) electrons. The molecule has 0 aliphatic carbocycles. The molecule has 16 nitrogen and oxygen atoms in total. The molecule has 0 aromatic heterocycles. The maximum absolute atomic E-state index is 12.5. The number of anilines is 2. The minimum Gasteiger partial charge on any atom is -0.507 e. The molecule has 1 aromatic rings. The summed E-state index contributed by atoms with van der Waals surface area (Å²) in [6.45, 7) is -3.56. The van der Waals surface area contributed by atoms with Crippen LogP contribution in [0.1, 0.15) is 10.4 Å². The van der Waals surface area contributed by atoms with Crippen LogP contribution in [0.5, 0.6) is 5.75 Å². The molecule has 0 aliphatic heterocycles. The number of benzene rings is 1. The van der Waals surface area contributed by atoms with Crippen molar-refractivity contribution in [3.05, 3.63) is 17.7 Å². The third-order valence-corrected chi connectivity index (χ3v) is 5.01. The molecule has 39 heavy (non-hydrogen) atoms. The lowest BCUT2D eigenvalue weighted by atomic mass is 10.1. The van der Waals surface area contributed by atoms with E-state index in [9.17, 15) is 29.1 Å². The highest BCUT2D eigenvalue weighted by Gasteiger charge is 2.25. The molecule has 0 unspecified atom stereocenters. The van der Waals surface area contributed by atoms with Crippen molar-refractivity contribution in [1.29, 1.82) is 0 Å². The van der Waals surface area contributed by atoms with E-state index in [2.05, 4.69) is 21.3 Å². The number of aromatic hydroxyl groups is 1. The van der Waals surface area contributed by atoms with Gasteiger partial charge in [-0.15, -0.1) is 0 Å². The highest BCUT2D eigenvalue weighted by atomic mass is 16.3. The van der Waals surface area contributed by atoms with Gasteiger partial charge in [0.15, 0.2) is 6.29 Å². The van der Waals surface area contributed by atoms with E-state index in [-0.39, 0.29) is 69.5 Å². The molecule has 0 saturated heterocycles. The summed E-state index contributed by atoms with van der Waals surface area (Å²) in [4.78, 5) is 64.2. The molecular formula is C23H36N6O10. The minimum absolute atomic E-state index is 0.00122. The molecule has 218 valence electrons. The molecule has 4 amide bonds.